The van der Waals surface area contributed by atoms with Crippen LogP contribution in [0.1, 0.15) is 26.7 Å². The summed E-state index contributed by atoms with van der Waals surface area (Å²) in [5.74, 6) is 0.696. The highest BCUT2D eigenvalue weighted by Gasteiger charge is 2.23. The number of piperidine rings is 1. The Labute approximate surface area is 99.0 Å². The van der Waals surface area contributed by atoms with Crippen LogP contribution in [-0.4, -0.2) is 55.6 Å². The maximum Gasteiger partial charge on any atom is 0.319 e. The number of nitrogens with one attached hydrogen (secondary N) is 1. The molecule has 1 fully saturated rings. The van der Waals surface area contributed by atoms with E-state index in [9.17, 15) is 4.79 Å². The molecule has 1 saturated heterocycles. The van der Waals surface area contributed by atoms with Crippen LogP contribution in [0, 0.1) is 5.92 Å². The van der Waals surface area contributed by atoms with Crippen molar-refractivity contribution in [2.24, 2.45) is 5.92 Å². The normalized spacial score (nSPS) is 17.9. The Balaban J connectivity index is 2.26. The first kappa shape index (κ1) is 13.3. The number of urea groups is 1. The van der Waals surface area contributed by atoms with Crippen molar-refractivity contribution in [3.63, 3.8) is 0 Å². The second-order valence-corrected chi connectivity index (χ2v) is 5.24. The minimum atomic E-state index is 0.141. The summed E-state index contributed by atoms with van der Waals surface area (Å²) in [5, 5.41) is 3.56. The molecule has 4 nitrogen and oxygen atoms in total. The number of amides is 2. The average Bonchev–Trinajstić information content (AvgIpc) is 2.26. The molecule has 0 radical (unpaired) electrons. The van der Waals surface area contributed by atoms with Crippen LogP contribution in [0.3, 0.4) is 0 Å². The predicted molar refractivity (Wildman–Crippen MR) is 66.5 cm³/mol. The van der Waals surface area contributed by atoms with E-state index < -0.39 is 0 Å². The molecule has 0 aliphatic carbocycles. The Morgan fingerprint density at radius 3 is 2.38 bits per heavy atom. The molecule has 1 N–H and O–H groups in total. The van der Waals surface area contributed by atoms with Gasteiger partial charge in [-0.3, -0.25) is 0 Å². The zero-order chi connectivity index (χ0) is 12.1. The summed E-state index contributed by atoms with van der Waals surface area (Å²) in [7, 11) is 3.62. The highest BCUT2D eigenvalue weighted by Crippen LogP contribution is 2.11. The van der Waals surface area contributed by atoms with Gasteiger partial charge in [-0.2, -0.15) is 0 Å². The first-order chi connectivity index (χ1) is 7.50. The van der Waals surface area contributed by atoms with Crippen LogP contribution < -0.4 is 5.32 Å². The van der Waals surface area contributed by atoms with E-state index in [1.165, 1.54) is 0 Å². The third-order valence-electron chi connectivity index (χ3n) is 2.96. The summed E-state index contributed by atoms with van der Waals surface area (Å²) in [5.41, 5.74) is 0. The average molecular weight is 227 g/mol. The summed E-state index contributed by atoms with van der Waals surface area (Å²) in [4.78, 5) is 15.3. The van der Waals surface area contributed by atoms with E-state index in [-0.39, 0.29) is 6.03 Å². The molecular formula is C12H25N3O. The molecule has 0 aromatic heterocycles. The largest absolute Gasteiger partial charge is 0.331 e. The minimum absolute atomic E-state index is 0.141. The lowest BCUT2D eigenvalue weighted by atomic mass is 10.0. The van der Waals surface area contributed by atoms with E-state index in [0.717, 1.165) is 32.5 Å². The summed E-state index contributed by atoms with van der Waals surface area (Å²) in [6.07, 6.45) is 2.15. The molecule has 1 rings (SSSR count). The lowest BCUT2D eigenvalue weighted by molar-refractivity contribution is 0.152. The van der Waals surface area contributed by atoms with Crippen LogP contribution in [0.5, 0.6) is 0 Å². The van der Waals surface area contributed by atoms with Gasteiger partial charge in [0.1, 0.15) is 0 Å². The van der Waals surface area contributed by atoms with Gasteiger partial charge in [0.05, 0.1) is 0 Å². The Morgan fingerprint density at radius 2 is 1.94 bits per heavy atom. The maximum absolute atomic E-state index is 11.7. The molecule has 4 heteroatoms. The molecule has 0 spiro atoms. The molecule has 0 aromatic rings. The molecule has 0 aromatic carbocycles. The van der Waals surface area contributed by atoms with Gasteiger partial charge in [0, 0.05) is 33.2 Å². The number of nitrogens with zero attached hydrogens (tertiary/aromatic N) is 2. The van der Waals surface area contributed by atoms with Gasteiger partial charge in [-0.05, 0) is 25.3 Å². The van der Waals surface area contributed by atoms with Crippen molar-refractivity contribution in [3.8, 4) is 0 Å². The second-order valence-electron chi connectivity index (χ2n) is 5.24. The SMILES string of the molecule is CC(C)CNC1CCN(C(=O)N(C)C)CC1. The number of hydrogen-bond acceptors (Lipinski definition) is 2. The highest BCUT2D eigenvalue weighted by molar-refractivity contribution is 5.73. The molecule has 1 heterocycles. The van der Waals surface area contributed by atoms with Crippen LogP contribution >= 0.6 is 0 Å². The smallest absolute Gasteiger partial charge is 0.319 e. The van der Waals surface area contributed by atoms with Gasteiger partial charge >= 0.3 is 6.03 Å². The van der Waals surface area contributed by atoms with E-state index >= 15 is 0 Å². The van der Waals surface area contributed by atoms with Gasteiger partial charge in [-0.15, -0.1) is 0 Å². The number of rotatable bonds is 3. The fraction of sp³-hybridized carbons (Fsp3) is 0.917. The monoisotopic (exact) mass is 227 g/mol. The topological polar surface area (TPSA) is 35.6 Å². The highest BCUT2D eigenvalue weighted by atomic mass is 16.2. The van der Waals surface area contributed by atoms with Crippen molar-refractivity contribution in [2.75, 3.05) is 33.7 Å². The maximum atomic E-state index is 11.7. The number of carbonyl (C=O) groups excluding carboxylic acids is 1. The van der Waals surface area contributed by atoms with Crippen molar-refractivity contribution in [2.45, 2.75) is 32.7 Å². The van der Waals surface area contributed by atoms with Gasteiger partial charge in [-0.25, -0.2) is 4.79 Å². The third-order valence-corrected chi connectivity index (χ3v) is 2.96. The standard InChI is InChI=1S/C12H25N3O/c1-10(2)9-13-11-5-7-15(8-6-11)12(16)14(3)4/h10-11,13H,5-9H2,1-4H3. The minimum Gasteiger partial charge on any atom is -0.331 e. The van der Waals surface area contributed by atoms with Crippen molar-refractivity contribution < 1.29 is 4.79 Å². The Bertz CT molecular complexity index is 220. The van der Waals surface area contributed by atoms with E-state index in [1.54, 1.807) is 4.90 Å². The molecule has 2 amide bonds. The Morgan fingerprint density at radius 1 is 1.38 bits per heavy atom. The summed E-state index contributed by atoms with van der Waals surface area (Å²) < 4.78 is 0. The van der Waals surface area contributed by atoms with Gasteiger partial charge < -0.3 is 15.1 Å². The Kier molecular flexibility index (Phi) is 5.06. The molecule has 1 aliphatic heterocycles. The fourth-order valence-corrected chi connectivity index (χ4v) is 1.96. The first-order valence-corrected chi connectivity index (χ1v) is 6.20. The Hall–Kier alpha value is -0.770. The summed E-state index contributed by atoms with van der Waals surface area (Å²) in [6, 6.07) is 0.732. The van der Waals surface area contributed by atoms with Crippen molar-refractivity contribution >= 4 is 6.03 Å². The number of likely N-dealkylation sites (tertiary alicyclic amines) is 1. The van der Waals surface area contributed by atoms with E-state index in [4.69, 9.17) is 0 Å². The molecule has 94 valence electrons. The molecule has 16 heavy (non-hydrogen) atoms. The molecule has 1 aliphatic rings. The van der Waals surface area contributed by atoms with Crippen LogP contribution in [-0.2, 0) is 0 Å². The summed E-state index contributed by atoms with van der Waals surface area (Å²) >= 11 is 0. The van der Waals surface area contributed by atoms with Gasteiger partial charge in [0.2, 0.25) is 0 Å². The van der Waals surface area contributed by atoms with Crippen LogP contribution in [0.15, 0.2) is 0 Å². The van der Waals surface area contributed by atoms with Crippen LogP contribution in [0.2, 0.25) is 0 Å². The molecule has 0 atom stereocenters. The molecule has 0 saturated carbocycles. The van der Waals surface area contributed by atoms with Gasteiger partial charge in [0.25, 0.3) is 0 Å². The second kappa shape index (κ2) is 6.09. The molecule has 0 unspecified atom stereocenters. The summed E-state index contributed by atoms with van der Waals surface area (Å²) in [6.45, 7) is 7.28. The fourth-order valence-electron chi connectivity index (χ4n) is 1.96. The number of hydrogen-bond donors (Lipinski definition) is 1. The lowest BCUT2D eigenvalue weighted by Crippen LogP contribution is -2.48. The quantitative estimate of drug-likeness (QED) is 0.790. The predicted octanol–water partition coefficient (Wildman–Crippen LogP) is 1.38. The number of carbonyl (C=O) groups is 1. The zero-order valence-corrected chi connectivity index (χ0v) is 11.0. The van der Waals surface area contributed by atoms with Crippen LogP contribution in [0.25, 0.3) is 0 Å². The van der Waals surface area contributed by atoms with E-state index in [0.29, 0.717) is 12.0 Å². The van der Waals surface area contributed by atoms with Crippen molar-refractivity contribution in [1.82, 2.24) is 15.1 Å². The van der Waals surface area contributed by atoms with Gasteiger partial charge in [0.15, 0.2) is 0 Å². The zero-order valence-electron chi connectivity index (χ0n) is 11.0. The van der Waals surface area contributed by atoms with E-state index in [1.807, 2.05) is 19.0 Å². The molecular weight excluding hydrogens is 202 g/mol. The first-order valence-electron chi connectivity index (χ1n) is 6.20. The molecule has 0 bridgehead atoms. The van der Waals surface area contributed by atoms with E-state index in [2.05, 4.69) is 19.2 Å². The van der Waals surface area contributed by atoms with Crippen molar-refractivity contribution in [3.05, 3.63) is 0 Å². The third kappa shape index (κ3) is 4.00. The lowest BCUT2D eigenvalue weighted by Gasteiger charge is -2.34. The van der Waals surface area contributed by atoms with Crippen molar-refractivity contribution in [1.29, 1.82) is 0 Å². The van der Waals surface area contributed by atoms with Gasteiger partial charge in [-0.1, -0.05) is 13.8 Å². The van der Waals surface area contributed by atoms with Crippen LogP contribution in [0.4, 0.5) is 4.79 Å².